The van der Waals surface area contributed by atoms with Gasteiger partial charge in [-0.25, -0.2) is 4.79 Å². The molecule has 0 amide bonds. The zero-order valence-corrected chi connectivity index (χ0v) is 20.0. The Hall–Kier alpha value is -1.34. The van der Waals surface area contributed by atoms with E-state index < -0.39 is 12.1 Å². The Morgan fingerprint density at radius 2 is 1.57 bits per heavy atom. The molecule has 0 bridgehead atoms. The molecule has 1 atom stereocenters. The molecule has 0 aliphatic heterocycles. The van der Waals surface area contributed by atoms with Crippen LogP contribution in [0.1, 0.15) is 86.0 Å². The van der Waals surface area contributed by atoms with Gasteiger partial charge in [0.15, 0.2) is 0 Å². The van der Waals surface area contributed by atoms with Gasteiger partial charge in [-0.05, 0) is 52.6 Å². The number of rotatable bonds is 19. The average Bonchev–Trinajstić information content (AvgIpc) is 2.69. The highest BCUT2D eigenvalue weighted by Gasteiger charge is 2.17. The van der Waals surface area contributed by atoms with Crippen LogP contribution in [0.2, 0.25) is 0 Å². The van der Waals surface area contributed by atoms with Crippen molar-refractivity contribution in [2.24, 2.45) is 0 Å². The maximum absolute atomic E-state index is 12.2. The quantitative estimate of drug-likeness (QED) is 0.233. The van der Waals surface area contributed by atoms with E-state index in [1.807, 2.05) is 0 Å². The Kier molecular flexibility index (Phi) is 17.6. The fourth-order valence-corrected chi connectivity index (χ4v) is 3.40. The number of carboxylic acid groups (broad SMARTS) is 1. The first kappa shape index (κ1) is 28.7. The van der Waals surface area contributed by atoms with Crippen LogP contribution in [0.25, 0.3) is 0 Å². The minimum Gasteiger partial charge on any atom is -0.481 e. The molecule has 0 radical (unpaired) electrons. The van der Waals surface area contributed by atoms with Crippen molar-refractivity contribution < 1.29 is 24.2 Å². The molecule has 0 aromatic carbocycles. The van der Waals surface area contributed by atoms with E-state index in [4.69, 9.17) is 14.6 Å². The van der Waals surface area contributed by atoms with Gasteiger partial charge in [-0.2, -0.15) is 0 Å². The van der Waals surface area contributed by atoms with E-state index in [9.17, 15) is 9.59 Å². The monoisotopic (exact) mass is 430 g/mol. The summed E-state index contributed by atoms with van der Waals surface area (Å²) in [6.07, 6.45) is 5.40. The molecule has 178 valence electrons. The van der Waals surface area contributed by atoms with Crippen LogP contribution in [0.15, 0.2) is 0 Å². The molecule has 0 saturated heterocycles. The summed E-state index contributed by atoms with van der Waals surface area (Å²) in [4.78, 5) is 27.6. The van der Waals surface area contributed by atoms with Gasteiger partial charge >= 0.3 is 12.1 Å². The number of carbonyl (C=O) groups is 2. The second kappa shape index (κ2) is 18.4. The third-order valence-electron chi connectivity index (χ3n) is 5.49. The van der Waals surface area contributed by atoms with Gasteiger partial charge in [0, 0.05) is 32.1 Å². The van der Waals surface area contributed by atoms with E-state index in [1.165, 1.54) is 0 Å². The van der Waals surface area contributed by atoms with Gasteiger partial charge in [-0.15, -0.1) is 0 Å². The lowest BCUT2D eigenvalue weighted by atomic mass is 10.0. The summed E-state index contributed by atoms with van der Waals surface area (Å²) in [5.74, 6) is -0.819. The number of hydrogen-bond donors (Lipinski definition) is 1. The molecule has 0 aliphatic carbocycles. The normalized spacial score (nSPS) is 12.5. The van der Waals surface area contributed by atoms with E-state index >= 15 is 0 Å². The van der Waals surface area contributed by atoms with Crippen LogP contribution in [0, 0.1) is 0 Å². The van der Waals surface area contributed by atoms with E-state index in [2.05, 4.69) is 44.4 Å². The maximum Gasteiger partial charge on any atom is 0.508 e. The molecular formula is C23H46N2O5. The molecule has 7 nitrogen and oxygen atoms in total. The van der Waals surface area contributed by atoms with Crippen molar-refractivity contribution in [3.63, 3.8) is 0 Å². The summed E-state index contributed by atoms with van der Waals surface area (Å²) >= 11 is 0. The number of aliphatic carboxylic acids is 1. The van der Waals surface area contributed by atoms with Crippen LogP contribution in [0.4, 0.5) is 4.79 Å². The zero-order chi connectivity index (χ0) is 22.8. The summed E-state index contributed by atoms with van der Waals surface area (Å²) in [6.45, 7) is 15.8. The molecule has 30 heavy (non-hydrogen) atoms. The van der Waals surface area contributed by atoms with Crippen LogP contribution >= 0.6 is 0 Å². The lowest BCUT2D eigenvalue weighted by Gasteiger charge is -2.29. The van der Waals surface area contributed by atoms with Gasteiger partial charge in [-0.3, -0.25) is 9.69 Å². The number of carboxylic acids is 1. The minimum atomic E-state index is -0.819. The van der Waals surface area contributed by atoms with Gasteiger partial charge in [0.25, 0.3) is 0 Å². The van der Waals surface area contributed by atoms with Crippen molar-refractivity contribution in [3.8, 4) is 0 Å². The lowest BCUT2D eigenvalue weighted by Crippen LogP contribution is -2.40. The standard InChI is InChI=1S/C23H46N2O5/c1-6-9-10-11-13-21(14-12-15-22(26)27)30-23(28)29-19-18-25(20(4)5)17-16-24(7-2)8-3/h20-21H,6-19H2,1-5H3,(H,26,27). The van der Waals surface area contributed by atoms with E-state index in [-0.39, 0.29) is 12.5 Å². The summed E-state index contributed by atoms with van der Waals surface area (Å²) < 4.78 is 10.8. The number of hydrogen-bond acceptors (Lipinski definition) is 6. The van der Waals surface area contributed by atoms with Crippen molar-refractivity contribution in [2.45, 2.75) is 98.1 Å². The van der Waals surface area contributed by atoms with E-state index in [1.54, 1.807) is 0 Å². The number of nitrogens with zero attached hydrogens (tertiary/aromatic N) is 2. The summed E-state index contributed by atoms with van der Waals surface area (Å²) in [5.41, 5.74) is 0. The molecule has 0 aromatic heterocycles. The molecular weight excluding hydrogens is 384 g/mol. The maximum atomic E-state index is 12.2. The van der Waals surface area contributed by atoms with Crippen molar-refractivity contribution in [1.29, 1.82) is 0 Å². The molecule has 1 N–H and O–H groups in total. The molecule has 7 heteroatoms. The Labute approximate surface area is 184 Å². The van der Waals surface area contributed by atoms with Gasteiger partial charge < -0.3 is 19.5 Å². The van der Waals surface area contributed by atoms with E-state index in [0.717, 1.165) is 58.3 Å². The molecule has 0 spiro atoms. The smallest absolute Gasteiger partial charge is 0.481 e. The minimum absolute atomic E-state index is 0.0970. The van der Waals surface area contributed by atoms with Crippen LogP contribution < -0.4 is 0 Å². The molecule has 0 fully saturated rings. The number of ether oxygens (including phenoxy) is 2. The molecule has 0 rings (SSSR count). The fourth-order valence-electron chi connectivity index (χ4n) is 3.40. The van der Waals surface area contributed by atoms with Crippen LogP contribution in [-0.2, 0) is 14.3 Å². The Morgan fingerprint density at radius 3 is 2.13 bits per heavy atom. The van der Waals surface area contributed by atoms with Crippen LogP contribution in [0.5, 0.6) is 0 Å². The molecule has 0 heterocycles. The fraction of sp³-hybridized carbons (Fsp3) is 0.913. The van der Waals surface area contributed by atoms with Gasteiger partial charge in [0.05, 0.1) is 0 Å². The van der Waals surface area contributed by atoms with Crippen molar-refractivity contribution in [2.75, 3.05) is 39.3 Å². The number of carbonyl (C=O) groups excluding carboxylic acids is 1. The second-order valence-electron chi connectivity index (χ2n) is 8.13. The average molecular weight is 431 g/mol. The first-order chi connectivity index (χ1) is 14.3. The van der Waals surface area contributed by atoms with Crippen LogP contribution in [-0.4, -0.2) is 78.5 Å². The second-order valence-corrected chi connectivity index (χ2v) is 8.13. The Bertz CT molecular complexity index is 441. The lowest BCUT2D eigenvalue weighted by molar-refractivity contribution is -0.137. The van der Waals surface area contributed by atoms with Gasteiger partial charge in [0.1, 0.15) is 12.7 Å². The molecule has 0 saturated carbocycles. The van der Waals surface area contributed by atoms with E-state index in [0.29, 0.717) is 32.0 Å². The molecule has 1 unspecified atom stereocenters. The highest BCUT2D eigenvalue weighted by Crippen LogP contribution is 2.15. The number of unbranched alkanes of at least 4 members (excludes halogenated alkanes) is 3. The third kappa shape index (κ3) is 15.5. The highest BCUT2D eigenvalue weighted by molar-refractivity contribution is 5.66. The van der Waals surface area contributed by atoms with Gasteiger partial charge in [-0.1, -0.05) is 40.0 Å². The summed E-state index contributed by atoms with van der Waals surface area (Å²) in [7, 11) is 0. The molecule has 0 aromatic rings. The topological polar surface area (TPSA) is 79.3 Å². The Morgan fingerprint density at radius 1 is 0.900 bits per heavy atom. The van der Waals surface area contributed by atoms with Crippen molar-refractivity contribution >= 4 is 12.1 Å². The first-order valence-corrected chi connectivity index (χ1v) is 11.8. The van der Waals surface area contributed by atoms with Crippen molar-refractivity contribution in [1.82, 2.24) is 9.80 Å². The highest BCUT2D eigenvalue weighted by atomic mass is 16.7. The third-order valence-corrected chi connectivity index (χ3v) is 5.49. The summed E-state index contributed by atoms with van der Waals surface area (Å²) in [5, 5.41) is 8.84. The zero-order valence-electron chi connectivity index (χ0n) is 20.0. The largest absolute Gasteiger partial charge is 0.508 e. The predicted molar refractivity (Wildman–Crippen MR) is 121 cm³/mol. The molecule has 0 aliphatic rings. The summed E-state index contributed by atoms with van der Waals surface area (Å²) in [6, 6.07) is 0.377. The first-order valence-electron chi connectivity index (χ1n) is 11.8. The van der Waals surface area contributed by atoms with Crippen LogP contribution in [0.3, 0.4) is 0 Å². The SMILES string of the molecule is CCCCCCC(CCCC(=O)O)OC(=O)OCCN(CCN(CC)CC)C(C)C. The van der Waals surface area contributed by atoms with Gasteiger partial charge in [0.2, 0.25) is 0 Å². The Balaban J connectivity index is 4.38. The van der Waals surface area contributed by atoms with Crippen molar-refractivity contribution in [3.05, 3.63) is 0 Å². The predicted octanol–water partition coefficient (Wildman–Crippen LogP) is 4.79. The number of likely N-dealkylation sites (N-methyl/N-ethyl adjacent to an activating group) is 1.